The molecule has 0 spiro atoms. The van der Waals surface area contributed by atoms with Gasteiger partial charge in [-0.2, -0.15) is 0 Å². The lowest BCUT2D eigenvalue weighted by molar-refractivity contribution is 0.218. The van der Waals surface area contributed by atoms with Gasteiger partial charge < -0.3 is 15.5 Å². The summed E-state index contributed by atoms with van der Waals surface area (Å²) in [4.78, 5) is 20.8. The number of aromatic nitrogens is 2. The molecule has 0 aliphatic rings. The minimum Gasteiger partial charge on any atom is -0.368 e. The van der Waals surface area contributed by atoms with Crippen LogP contribution in [0.5, 0.6) is 0 Å². The zero-order valence-electron chi connectivity index (χ0n) is 10.1. The second-order valence-corrected chi connectivity index (χ2v) is 4.06. The maximum Gasteiger partial charge on any atom is 0.316 e. The standard InChI is InChI=1S/C10H16ClN5O/c1-7-14-8(11)6-9(15-7)12-4-5-13-10(17)16(2)3/h6H,4-5H2,1-3H3,(H,13,17)(H,12,14,15). The van der Waals surface area contributed by atoms with Gasteiger partial charge in [0.05, 0.1) is 0 Å². The van der Waals surface area contributed by atoms with Crippen LogP contribution in [0.3, 0.4) is 0 Å². The number of amides is 2. The van der Waals surface area contributed by atoms with Gasteiger partial charge in [0.1, 0.15) is 16.8 Å². The van der Waals surface area contributed by atoms with Crippen LogP contribution in [0.15, 0.2) is 6.07 Å². The molecule has 1 rings (SSSR count). The summed E-state index contributed by atoms with van der Waals surface area (Å²) in [6.45, 7) is 2.86. The molecule has 0 atom stereocenters. The van der Waals surface area contributed by atoms with E-state index in [-0.39, 0.29) is 6.03 Å². The lowest BCUT2D eigenvalue weighted by atomic mass is 10.5. The molecule has 1 aromatic heterocycles. The third-order valence-corrected chi connectivity index (χ3v) is 2.11. The van der Waals surface area contributed by atoms with Crippen molar-refractivity contribution in [3.63, 3.8) is 0 Å². The van der Waals surface area contributed by atoms with Gasteiger partial charge in [0.2, 0.25) is 0 Å². The number of anilines is 1. The zero-order chi connectivity index (χ0) is 12.8. The minimum absolute atomic E-state index is 0.122. The Labute approximate surface area is 105 Å². The lowest BCUT2D eigenvalue weighted by Gasteiger charge is -2.12. The molecule has 94 valence electrons. The molecule has 0 radical (unpaired) electrons. The van der Waals surface area contributed by atoms with Crippen LogP contribution in [0, 0.1) is 6.92 Å². The molecule has 2 amide bonds. The van der Waals surface area contributed by atoms with E-state index < -0.39 is 0 Å². The van der Waals surface area contributed by atoms with E-state index in [4.69, 9.17) is 11.6 Å². The largest absolute Gasteiger partial charge is 0.368 e. The van der Waals surface area contributed by atoms with Crippen LogP contribution >= 0.6 is 11.6 Å². The third kappa shape index (κ3) is 4.86. The number of carbonyl (C=O) groups excluding carboxylic acids is 1. The molecule has 0 saturated carbocycles. The fraction of sp³-hybridized carbons (Fsp3) is 0.500. The molecule has 2 N–H and O–H groups in total. The van der Waals surface area contributed by atoms with Crippen molar-refractivity contribution in [3.8, 4) is 0 Å². The minimum atomic E-state index is -0.122. The van der Waals surface area contributed by atoms with Crippen molar-refractivity contribution < 1.29 is 4.79 Å². The van der Waals surface area contributed by atoms with E-state index in [1.807, 2.05) is 0 Å². The van der Waals surface area contributed by atoms with Crippen molar-refractivity contribution >= 4 is 23.4 Å². The second-order valence-electron chi connectivity index (χ2n) is 3.68. The quantitative estimate of drug-likeness (QED) is 0.627. The second kappa shape index (κ2) is 6.24. The highest BCUT2D eigenvalue weighted by Crippen LogP contribution is 2.10. The zero-order valence-corrected chi connectivity index (χ0v) is 10.9. The van der Waals surface area contributed by atoms with Gasteiger partial charge in [0, 0.05) is 33.3 Å². The first-order valence-corrected chi connectivity index (χ1v) is 5.57. The summed E-state index contributed by atoms with van der Waals surface area (Å²) in [5.41, 5.74) is 0. The van der Waals surface area contributed by atoms with Crippen LogP contribution < -0.4 is 10.6 Å². The third-order valence-electron chi connectivity index (χ3n) is 1.92. The van der Waals surface area contributed by atoms with Crippen molar-refractivity contribution in [3.05, 3.63) is 17.0 Å². The van der Waals surface area contributed by atoms with Gasteiger partial charge in [0.15, 0.2) is 0 Å². The van der Waals surface area contributed by atoms with Gasteiger partial charge >= 0.3 is 6.03 Å². The molecule has 0 bridgehead atoms. The Balaban J connectivity index is 2.33. The van der Waals surface area contributed by atoms with Gasteiger partial charge in [-0.1, -0.05) is 11.6 Å². The molecule has 0 aliphatic heterocycles. The molecule has 1 heterocycles. The number of hydrogen-bond acceptors (Lipinski definition) is 4. The maximum atomic E-state index is 11.2. The van der Waals surface area contributed by atoms with E-state index in [1.165, 1.54) is 4.90 Å². The Hall–Kier alpha value is -1.56. The Bertz CT molecular complexity index is 376. The number of rotatable bonds is 4. The van der Waals surface area contributed by atoms with Crippen molar-refractivity contribution in [1.29, 1.82) is 0 Å². The molecule has 0 fully saturated rings. The van der Waals surface area contributed by atoms with E-state index >= 15 is 0 Å². The van der Waals surface area contributed by atoms with Crippen molar-refractivity contribution in [1.82, 2.24) is 20.2 Å². The van der Waals surface area contributed by atoms with Gasteiger partial charge in [-0.25, -0.2) is 14.8 Å². The van der Waals surface area contributed by atoms with Crippen LogP contribution in [-0.4, -0.2) is 48.1 Å². The molecule has 17 heavy (non-hydrogen) atoms. The Kier molecular flexibility index (Phi) is 4.96. The SMILES string of the molecule is Cc1nc(Cl)cc(NCCNC(=O)N(C)C)n1. The summed E-state index contributed by atoms with van der Waals surface area (Å²) < 4.78 is 0. The molecule has 0 aromatic carbocycles. The summed E-state index contributed by atoms with van der Waals surface area (Å²) >= 11 is 5.79. The number of halogens is 1. The number of nitrogens with zero attached hydrogens (tertiary/aromatic N) is 3. The summed E-state index contributed by atoms with van der Waals surface area (Å²) in [5.74, 6) is 1.26. The number of hydrogen-bond donors (Lipinski definition) is 2. The molecule has 6 nitrogen and oxygen atoms in total. The number of urea groups is 1. The summed E-state index contributed by atoms with van der Waals surface area (Å²) in [6.07, 6.45) is 0. The Morgan fingerprint density at radius 3 is 2.71 bits per heavy atom. The topological polar surface area (TPSA) is 70.2 Å². The van der Waals surface area contributed by atoms with Crippen LogP contribution in [0.1, 0.15) is 5.82 Å². The monoisotopic (exact) mass is 257 g/mol. The van der Waals surface area contributed by atoms with Gasteiger partial charge in [0.25, 0.3) is 0 Å². The van der Waals surface area contributed by atoms with Crippen LogP contribution in [0.25, 0.3) is 0 Å². The van der Waals surface area contributed by atoms with Gasteiger partial charge in [-0.05, 0) is 6.92 Å². The molecular weight excluding hydrogens is 242 g/mol. The average Bonchev–Trinajstić information content (AvgIpc) is 2.22. The van der Waals surface area contributed by atoms with E-state index in [1.54, 1.807) is 27.1 Å². The predicted octanol–water partition coefficient (Wildman–Crippen LogP) is 1.12. The van der Waals surface area contributed by atoms with Crippen molar-refractivity contribution in [2.75, 3.05) is 32.5 Å². The molecule has 0 aliphatic carbocycles. The van der Waals surface area contributed by atoms with E-state index in [9.17, 15) is 4.79 Å². The number of carbonyl (C=O) groups is 1. The molecule has 1 aromatic rings. The normalized spacial score (nSPS) is 9.88. The average molecular weight is 258 g/mol. The summed E-state index contributed by atoms with van der Waals surface area (Å²) in [5, 5.41) is 6.18. The first-order chi connectivity index (χ1) is 7.99. The smallest absolute Gasteiger partial charge is 0.316 e. The first kappa shape index (κ1) is 13.5. The molecular formula is C10H16ClN5O. The van der Waals surface area contributed by atoms with Crippen molar-refractivity contribution in [2.24, 2.45) is 0 Å². The van der Waals surface area contributed by atoms with Crippen LogP contribution in [0.2, 0.25) is 5.15 Å². The predicted molar refractivity (Wildman–Crippen MR) is 67.4 cm³/mol. The fourth-order valence-corrected chi connectivity index (χ4v) is 1.37. The molecule has 0 unspecified atom stereocenters. The first-order valence-electron chi connectivity index (χ1n) is 5.19. The number of aryl methyl sites for hydroxylation is 1. The van der Waals surface area contributed by atoms with Crippen LogP contribution in [-0.2, 0) is 0 Å². The van der Waals surface area contributed by atoms with E-state index in [0.717, 1.165) is 0 Å². The van der Waals surface area contributed by atoms with E-state index in [2.05, 4.69) is 20.6 Å². The summed E-state index contributed by atoms with van der Waals surface area (Å²) in [7, 11) is 3.38. The highest BCUT2D eigenvalue weighted by molar-refractivity contribution is 6.29. The van der Waals surface area contributed by atoms with E-state index in [0.29, 0.717) is 29.9 Å². The van der Waals surface area contributed by atoms with Gasteiger partial charge in [-0.3, -0.25) is 0 Å². The fourth-order valence-electron chi connectivity index (χ4n) is 1.14. The molecule has 7 heteroatoms. The summed E-state index contributed by atoms with van der Waals surface area (Å²) in [6, 6.07) is 1.52. The van der Waals surface area contributed by atoms with Crippen LogP contribution in [0.4, 0.5) is 10.6 Å². The molecule has 0 saturated heterocycles. The lowest BCUT2D eigenvalue weighted by Crippen LogP contribution is -2.37. The Morgan fingerprint density at radius 2 is 2.12 bits per heavy atom. The van der Waals surface area contributed by atoms with Crippen molar-refractivity contribution in [2.45, 2.75) is 6.92 Å². The van der Waals surface area contributed by atoms with Gasteiger partial charge in [-0.15, -0.1) is 0 Å². The Morgan fingerprint density at radius 1 is 1.41 bits per heavy atom. The maximum absolute atomic E-state index is 11.2. The highest BCUT2D eigenvalue weighted by Gasteiger charge is 2.02. The highest BCUT2D eigenvalue weighted by atomic mass is 35.5. The number of nitrogens with one attached hydrogen (secondary N) is 2.